The van der Waals surface area contributed by atoms with Gasteiger partial charge in [0.05, 0.1) is 5.01 Å². The summed E-state index contributed by atoms with van der Waals surface area (Å²) < 4.78 is 5.35. The van der Waals surface area contributed by atoms with Crippen molar-refractivity contribution in [3.63, 3.8) is 0 Å². The van der Waals surface area contributed by atoms with Crippen LogP contribution in [0.3, 0.4) is 0 Å². The average molecular weight is 240 g/mol. The average Bonchev–Trinajstić information content (AvgIpc) is 2.65. The van der Waals surface area contributed by atoms with Gasteiger partial charge in [-0.2, -0.15) is 0 Å². The molecular formula is C12H20N2OS. The molecule has 0 amide bonds. The molecule has 0 radical (unpaired) electrons. The summed E-state index contributed by atoms with van der Waals surface area (Å²) in [7, 11) is 0. The predicted molar refractivity (Wildman–Crippen MR) is 66.7 cm³/mol. The zero-order chi connectivity index (χ0) is 11.4. The summed E-state index contributed by atoms with van der Waals surface area (Å²) in [6.07, 6.45) is 4.38. The fourth-order valence-corrected chi connectivity index (χ4v) is 3.08. The minimum absolute atomic E-state index is 0.258. The first-order chi connectivity index (χ1) is 7.74. The van der Waals surface area contributed by atoms with Crippen LogP contribution in [0, 0.1) is 12.8 Å². The molecule has 2 heterocycles. The number of hydrogen-bond acceptors (Lipinski definition) is 4. The number of hydrogen-bond donors (Lipinski definition) is 1. The molecule has 1 aromatic heterocycles. The van der Waals surface area contributed by atoms with Crippen molar-refractivity contribution in [3.05, 3.63) is 16.1 Å². The van der Waals surface area contributed by atoms with Crippen molar-refractivity contribution in [2.45, 2.75) is 38.6 Å². The van der Waals surface area contributed by atoms with Crippen LogP contribution in [0.2, 0.25) is 0 Å². The predicted octanol–water partition coefficient (Wildman–Crippen LogP) is 2.14. The summed E-state index contributed by atoms with van der Waals surface area (Å²) in [5, 5.41) is 3.27. The topological polar surface area (TPSA) is 48.1 Å². The summed E-state index contributed by atoms with van der Waals surface area (Å²) in [5.74, 6) is 0.754. The van der Waals surface area contributed by atoms with Crippen molar-refractivity contribution in [1.29, 1.82) is 0 Å². The molecule has 1 atom stereocenters. The third kappa shape index (κ3) is 3.54. The maximum absolute atomic E-state index is 6.17. The highest BCUT2D eigenvalue weighted by atomic mass is 32.1. The van der Waals surface area contributed by atoms with Crippen molar-refractivity contribution < 1.29 is 4.74 Å². The molecule has 1 saturated heterocycles. The van der Waals surface area contributed by atoms with Gasteiger partial charge in [-0.3, -0.25) is 0 Å². The van der Waals surface area contributed by atoms with Crippen molar-refractivity contribution in [1.82, 2.24) is 4.98 Å². The van der Waals surface area contributed by atoms with Crippen molar-refractivity contribution in [3.8, 4) is 0 Å². The standard InChI is InChI=1S/C12H20N2OS/c1-9-8-16-12(14-9)7-11(13)6-10-2-4-15-5-3-10/h8,10-11H,2-7,13H2,1H3. The molecule has 0 aliphatic carbocycles. The molecule has 0 spiro atoms. The third-order valence-corrected chi connectivity index (χ3v) is 4.07. The number of aryl methyl sites for hydroxylation is 1. The van der Waals surface area contributed by atoms with Gasteiger partial charge in [-0.1, -0.05) is 0 Å². The molecule has 0 saturated carbocycles. The van der Waals surface area contributed by atoms with E-state index < -0.39 is 0 Å². The van der Waals surface area contributed by atoms with E-state index in [-0.39, 0.29) is 6.04 Å². The molecule has 2 rings (SSSR count). The van der Waals surface area contributed by atoms with Crippen molar-refractivity contribution >= 4 is 11.3 Å². The lowest BCUT2D eigenvalue weighted by atomic mass is 9.92. The molecule has 1 unspecified atom stereocenters. The van der Waals surface area contributed by atoms with Gasteiger partial charge >= 0.3 is 0 Å². The molecule has 1 fully saturated rings. The van der Waals surface area contributed by atoms with Crippen LogP contribution in [0.4, 0.5) is 0 Å². The summed E-state index contributed by atoms with van der Waals surface area (Å²) >= 11 is 1.72. The molecule has 4 heteroatoms. The second kappa shape index (κ2) is 5.75. The summed E-state index contributed by atoms with van der Waals surface area (Å²) in [5.41, 5.74) is 7.28. The first-order valence-corrected chi connectivity index (χ1v) is 6.86. The third-order valence-electron chi connectivity index (χ3n) is 3.08. The Hall–Kier alpha value is -0.450. The van der Waals surface area contributed by atoms with Gasteiger partial charge in [-0.05, 0) is 32.1 Å². The monoisotopic (exact) mass is 240 g/mol. The fourth-order valence-electron chi connectivity index (χ4n) is 2.21. The van der Waals surface area contributed by atoms with E-state index in [1.807, 2.05) is 6.92 Å². The lowest BCUT2D eigenvalue weighted by molar-refractivity contribution is 0.0619. The number of rotatable bonds is 4. The van der Waals surface area contributed by atoms with E-state index in [0.29, 0.717) is 0 Å². The molecule has 0 aromatic carbocycles. The summed E-state index contributed by atoms with van der Waals surface area (Å²) in [6, 6.07) is 0.258. The molecule has 2 N–H and O–H groups in total. The number of nitrogens with zero attached hydrogens (tertiary/aromatic N) is 1. The second-order valence-electron chi connectivity index (χ2n) is 4.64. The normalized spacial score (nSPS) is 19.9. The lowest BCUT2D eigenvalue weighted by Gasteiger charge is -2.24. The first kappa shape index (κ1) is 12.0. The van der Waals surface area contributed by atoms with Crippen LogP contribution < -0.4 is 5.73 Å². The van der Waals surface area contributed by atoms with Crippen LogP contribution in [0.15, 0.2) is 5.38 Å². The highest BCUT2D eigenvalue weighted by Crippen LogP contribution is 2.21. The van der Waals surface area contributed by atoms with E-state index in [4.69, 9.17) is 10.5 Å². The molecule has 1 aliphatic rings. The fraction of sp³-hybridized carbons (Fsp3) is 0.750. The number of aromatic nitrogens is 1. The van der Waals surface area contributed by atoms with Crippen LogP contribution >= 0.6 is 11.3 Å². The molecule has 1 aromatic rings. The summed E-state index contributed by atoms with van der Waals surface area (Å²) in [6.45, 7) is 3.85. The van der Waals surface area contributed by atoms with Crippen LogP contribution in [-0.4, -0.2) is 24.2 Å². The Balaban J connectivity index is 1.77. The Morgan fingerprint density at radius 2 is 2.31 bits per heavy atom. The Kier molecular flexibility index (Phi) is 4.32. The number of thiazole rings is 1. The van der Waals surface area contributed by atoms with Crippen LogP contribution in [-0.2, 0) is 11.2 Å². The molecule has 16 heavy (non-hydrogen) atoms. The van der Waals surface area contributed by atoms with E-state index in [0.717, 1.165) is 37.7 Å². The van der Waals surface area contributed by atoms with E-state index in [9.17, 15) is 0 Å². The highest BCUT2D eigenvalue weighted by molar-refractivity contribution is 7.09. The molecule has 0 bridgehead atoms. The maximum atomic E-state index is 6.17. The van der Waals surface area contributed by atoms with Gasteiger partial charge in [-0.15, -0.1) is 11.3 Å². The van der Waals surface area contributed by atoms with E-state index in [1.165, 1.54) is 17.8 Å². The van der Waals surface area contributed by atoms with E-state index in [2.05, 4.69) is 10.4 Å². The zero-order valence-corrected chi connectivity index (χ0v) is 10.6. The molecule has 1 aliphatic heterocycles. The number of ether oxygens (including phenoxy) is 1. The van der Waals surface area contributed by atoms with Gasteiger partial charge < -0.3 is 10.5 Å². The minimum Gasteiger partial charge on any atom is -0.381 e. The van der Waals surface area contributed by atoms with Gasteiger partial charge in [0, 0.05) is 36.8 Å². The van der Waals surface area contributed by atoms with Gasteiger partial charge in [-0.25, -0.2) is 4.98 Å². The minimum atomic E-state index is 0.258. The second-order valence-corrected chi connectivity index (χ2v) is 5.58. The van der Waals surface area contributed by atoms with Gasteiger partial charge in [0.15, 0.2) is 0 Å². The molecule has 90 valence electrons. The SMILES string of the molecule is Cc1csc(CC(N)CC2CCOCC2)n1. The molecular weight excluding hydrogens is 220 g/mol. The Labute approximate surface area is 101 Å². The Morgan fingerprint density at radius 3 is 2.94 bits per heavy atom. The van der Waals surface area contributed by atoms with Crippen molar-refractivity contribution in [2.75, 3.05) is 13.2 Å². The summed E-state index contributed by atoms with van der Waals surface area (Å²) in [4.78, 5) is 4.46. The lowest BCUT2D eigenvalue weighted by Crippen LogP contribution is -2.28. The maximum Gasteiger partial charge on any atom is 0.0943 e. The van der Waals surface area contributed by atoms with Crippen molar-refractivity contribution in [2.24, 2.45) is 11.7 Å². The van der Waals surface area contributed by atoms with Crippen LogP contribution in [0.1, 0.15) is 30.0 Å². The Morgan fingerprint density at radius 1 is 1.56 bits per heavy atom. The Bertz CT molecular complexity index is 321. The van der Waals surface area contributed by atoms with Gasteiger partial charge in [0.1, 0.15) is 0 Å². The van der Waals surface area contributed by atoms with E-state index in [1.54, 1.807) is 11.3 Å². The largest absolute Gasteiger partial charge is 0.381 e. The van der Waals surface area contributed by atoms with E-state index >= 15 is 0 Å². The van der Waals surface area contributed by atoms with Gasteiger partial charge in [0.2, 0.25) is 0 Å². The van der Waals surface area contributed by atoms with Crippen LogP contribution in [0.25, 0.3) is 0 Å². The molecule has 3 nitrogen and oxygen atoms in total. The van der Waals surface area contributed by atoms with Crippen LogP contribution in [0.5, 0.6) is 0 Å². The quantitative estimate of drug-likeness (QED) is 0.877. The first-order valence-electron chi connectivity index (χ1n) is 5.98. The van der Waals surface area contributed by atoms with Gasteiger partial charge in [0.25, 0.3) is 0 Å². The smallest absolute Gasteiger partial charge is 0.0943 e. The highest BCUT2D eigenvalue weighted by Gasteiger charge is 2.17. The number of nitrogens with two attached hydrogens (primary N) is 1. The zero-order valence-electron chi connectivity index (χ0n) is 9.82.